The predicted molar refractivity (Wildman–Crippen MR) is 97.0 cm³/mol. The summed E-state index contributed by atoms with van der Waals surface area (Å²) < 4.78 is 2.08. The minimum Gasteiger partial charge on any atom is -0.329 e. The van der Waals surface area contributed by atoms with Gasteiger partial charge >= 0.3 is 0 Å². The summed E-state index contributed by atoms with van der Waals surface area (Å²) in [5, 5.41) is 1.91. The van der Waals surface area contributed by atoms with Gasteiger partial charge in [0.05, 0.1) is 11.4 Å². The Balaban J connectivity index is 1.77. The number of rotatable bonds is 7. The van der Waals surface area contributed by atoms with Crippen molar-refractivity contribution in [3.8, 4) is 0 Å². The first-order chi connectivity index (χ1) is 11.8. The van der Waals surface area contributed by atoms with Gasteiger partial charge in [-0.15, -0.1) is 17.9 Å². The molecule has 2 aromatic heterocycles. The third kappa shape index (κ3) is 3.81. The summed E-state index contributed by atoms with van der Waals surface area (Å²) >= 11 is 1.45. The zero-order chi connectivity index (χ0) is 16.8. The number of aromatic nitrogens is 2. The highest BCUT2D eigenvalue weighted by molar-refractivity contribution is 7.12. The molecule has 1 aromatic carbocycles. The molecule has 0 fully saturated rings. The van der Waals surface area contributed by atoms with Crippen molar-refractivity contribution in [2.24, 2.45) is 0 Å². The molecular weight excluding hydrogens is 318 g/mol. The molecule has 1 amide bonds. The van der Waals surface area contributed by atoms with Crippen molar-refractivity contribution in [1.29, 1.82) is 0 Å². The molecule has 2 heterocycles. The molecule has 3 aromatic rings. The molecule has 0 aliphatic rings. The fraction of sp³-hybridized carbons (Fsp3) is 0.158. The van der Waals surface area contributed by atoms with E-state index in [1.807, 2.05) is 41.9 Å². The number of thiophene rings is 1. The van der Waals surface area contributed by atoms with Crippen LogP contribution in [0.4, 0.5) is 0 Å². The van der Waals surface area contributed by atoms with E-state index < -0.39 is 0 Å². The van der Waals surface area contributed by atoms with E-state index >= 15 is 0 Å². The number of hydrogen-bond acceptors (Lipinski definition) is 3. The van der Waals surface area contributed by atoms with E-state index in [4.69, 9.17) is 0 Å². The van der Waals surface area contributed by atoms with E-state index in [1.165, 1.54) is 16.9 Å². The van der Waals surface area contributed by atoms with Crippen LogP contribution in [0.2, 0.25) is 0 Å². The molecule has 0 radical (unpaired) electrons. The normalized spacial score (nSPS) is 10.5. The molecule has 3 rings (SSSR count). The van der Waals surface area contributed by atoms with Crippen LogP contribution in [0.15, 0.2) is 72.9 Å². The van der Waals surface area contributed by atoms with Crippen molar-refractivity contribution in [3.63, 3.8) is 0 Å². The zero-order valence-electron chi connectivity index (χ0n) is 13.3. The number of amides is 1. The number of nitrogens with zero attached hydrogens (tertiary/aromatic N) is 3. The van der Waals surface area contributed by atoms with E-state index in [1.54, 1.807) is 17.2 Å². The second-order valence-corrected chi connectivity index (χ2v) is 6.36. The van der Waals surface area contributed by atoms with Crippen molar-refractivity contribution in [2.75, 3.05) is 6.54 Å². The second-order valence-electron chi connectivity index (χ2n) is 5.41. The largest absolute Gasteiger partial charge is 0.329 e. The van der Waals surface area contributed by atoms with Crippen molar-refractivity contribution in [2.45, 2.75) is 13.1 Å². The molecule has 4 nitrogen and oxygen atoms in total. The van der Waals surface area contributed by atoms with Crippen LogP contribution in [0.25, 0.3) is 0 Å². The van der Waals surface area contributed by atoms with Gasteiger partial charge in [-0.05, 0) is 17.0 Å². The smallest absolute Gasteiger partial charge is 0.264 e. The lowest BCUT2D eigenvalue weighted by molar-refractivity contribution is 0.0762. The third-order valence-electron chi connectivity index (χ3n) is 3.70. The fourth-order valence-corrected chi connectivity index (χ4v) is 3.21. The molecule has 0 saturated heterocycles. The average Bonchev–Trinajstić information content (AvgIpc) is 3.27. The number of imidazole rings is 1. The summed E-state index contributed by atoms with van der Waals surface area (Å²) in [5.41, 5.74) is 1.21. The lowest BCUT2D eigenvalue weighted by Gasteiger charge is -2.20. The summed E-state index contributed by atoms with van der Waals surface area (Å²) in [7, 11) is 0. The highest BCUT2D eigenvalue weighted by Crippen LogP contribution is 2.15. The molecule has 0 aliphatic heterocycles. The van der Waals surface area contributed by atoms with Gasteiger partial charge in [0, 0.05) is 25.5 Å². The summed E-state index contributed by atoms with van der Waals surface area (Å²) in [6.07, 6.45) is 5.47. The van der Waals surface area contributed by atoms with Gasteiger partial charge in [0.15, 0.2) is 0 Å². The first kappa shape index (κ1) is 16.2. The van der Waals surface area contributed by atoms with Gasteiger partial charge in [-0.1, -0.05) is 42.5 Å². The zero-order valence-corrected chi connectivity index (χ0v) is 14.2. The number of hydrogen-bond donors (Lipinski definition) is 0. The Morgan fingerprint density at radius 3 is 2.79 bits per heavy atom. The van der Waals surface area contributed by atoms with Gasteiger partial charge in [-0.2, -0.15) is 0 Å². The Morgan fingerprint density at radius 1 is 1.25 bits per heavy atom. The van der Waals surface area contributed by atoms with Crippen LogP contribution in [-0.2, 0) is 13.1 Å². The molecule has 0 bridgehead atoms. The Hall–Kier alpha value is -2.66. The maximum atomic E-state index is 12.6. The van der Waals surface area contributed by atoms with Crippen molar-refractivity contribution in [1.82, 2.24) is 14.5 Å². The molecule has 0 spiro atoms. The third-order valence-corrected chi connectivity index (χ3v) is 4.56. The van der Waals surface area contributed by atoms with Gasteiger partial charge < -0.3 is 9.47 Å². The van der Waals surface area contributed by atoms with Crippen LogP contribution >= 0.6 is 11.3 Å². The van der Waals surface area contributed by atoms with Gasteiger partial charge in [0.2, 0.25) is 0 Å². The van der Waals surface area contributed by atoms with Gasteiger partial charge in [0.25, 0.3) is 5.91 Å². The molecule has 0 aliphatic carbocycles. The lowest BCUT2D eigenvalue weighted by Crippen LogP contribution is -2.31. The van der Waals surface area contributed by atoms with E-state index in [9.17, 15) is 4.79 Å². The summed E-state index contributed by atoms with van der Waals surface area (Å²) in [5.74, 6) is 0.879. The summed E-state index contributed by atoms with van der Waals surface area (Å²) in [6.45, 7) is 5.46. The van der Waals surface area contributed by atoms with E-state index in [0.29, 0.717) is 13.1 Å². The lowest BCUT2D eigenvalue weighted by atomic mass is 10.2. The standard InChI is InChI=1S/C19H19N3OS/c1-2-11-22(19(23)17-9-6-13-24-17)15-18-20-10-12-21(18)14-16-7-4-3-5-8-16/h2-10,12-13H,1,11,14-15H2. The van der Waals surface area contributed by atoms with Crippen LogP contribution in [-0.4, -0.2) is 26.9 Å². The van der Waals surface area contributed by atoms with Crippen molar-refractivity contribution in [3.05, 3.63) is 89.2 Å². The molecule has 0 N–H and O–H groups in total. The van der Waals surface area contributed by atoms with E-state index in [-0.39, 0.29) is 5.91 Å². The topological polar surface area (TPSA) is 38.1 Å². The van der Waals surface area contributed by atoms with E-state index in [2.05, 4.69) is 28.3 Å². The Bertz CT molecular complexity index is 793. The van der Waals surface area contributed by atoms with E-state index in [0.717, 1.165) is 17.2 Å². The molecule has 24 heavy (non-hydrogen) atoms. The van der Waals surface area contributed by atoms with Gasteiger partial charge in [-0.25, -0.2) is 4.98 Å². The first-order valence-corrected chi connectivity index (χ1v) is 8.63. The molecular formula is C19H19N3OS. The average molecular weight is 337 g/mol. The minimum absolute atomic E-state index is 0.0131. The number of carbonyl (C=O) groups excluding carboxylic acids is 1. The molecule has 122 valence electrons. The van der Waals surface area contributed by atoms with Gasteiger partial charge in [0.1, 0.15) is 5.82 Å². The maximum absolute atomic E-state index is 12.6. The first-order valence-electron chi connectivity index (χ1n) is 7.75. The molecule has 5 heteroatoms. The van der Waals surface area contributed by atoms with Crippen molar-refractivity contribution >= 4 is 17.2 Å². The monoisotopic (exact) mass is 337 g/mol. The minimum atomic E-state index is 0.0131. The van der Waals surface area contributed by atoms with Crippen LogP contribution in [0, 0.1) is 0 Å². The Kier molecular flexibility index (Phi) is 5.23. The Labute approximate surface area is 145 Å². The Morgan fingerprint density at radius 2 is 2.08 bits per heavy atom. The SMILES string of the molecule is C=CCN(Cc1nccn1Cc1ccccc1)C(=O)c1cccs1. The maximum Gasteiger partial charge on any atom is 0.264 e. The van der Waals surface area contributed by atoms with Crippen LogP contribution in [0.3, 0.4) is 0 Å². The summed E-state index contributed by atoms with van der Waals surface area (Å²) in [6, 6.07) is 14.0. The fourth-order valence-electron chi connectivity index (χ4n) is 2.52. The highest BCUT2D eigenvalue weighted by Gasteiger charge is 2.18. The molecule has 0 saturated carbocycles. The van der Waals surface area contributed by atoms with Crippen LogP contribution in [0.5, 0.6) is 0 Å². The second kappa shape index (κ2) is 7.75. The summed E-state index contributed by atoms with van der Waals surface area (Å²) in [4.78, 5) is 19.6. The van der Waals surface area contributed by atoms with Crippen molar-refractivity contribution < 1.29 is 4.79 Å². The quantitative estimate of drug-likeness (QED) is 0.615. The van der Waals surface area contributed by atoms with Gasteiger partial charge in [-0.3, -0.25) is 4.79 Å². The molecule has 0 unspecified atom stereocenters. The molecule has 0 atom stereocenters. The predicted octanol–water partition coefficient (Wildman–Crippen LogP) is 3.82. The number of carbonyl (C=O) groups is 1. The number of benzene rings is 1. The van der Waals surface area contributed by atoms with Crippen LogP contribution < -0.4 is 0 Å². The van der Waals surface area contributed by atoms with Crippen LogP contribution in [0.1, 0.15) is 21.1 Å². The highest BCUT2D eigenvalue weighted by atomic mass is 32.1.